The topological polar surface area (TPSA) is 55.8 Å². The third kappa shape index (κ3) is 4.78. The van der Waals surface area contributed by atoms with Crippen molar-refractivity contribution in [1.29, 1.82) is 0 Å². The van der Waals surface area contributed by atoms with Crippen molar-refractivity contribution in [2.45, 2.75) is 45.0 Å². The van der Waals surface area contributed by atoms with Crippen molar-refractivity contribution >= 4 is 11.9 Å². The summed E-state index contributed by atoms with van der Waals surface area (Å²) < 4.78 is 11.3. The van der Waals surface area contributed by atoms with Crippen LogP contribution in [0.15, 0.2) is 60.7 Å². The zero-order valence-electron chi connectivity index (χ0n) is 16.6. The molecule has 5 nitrogen and oxygen atoms in total. The minimum atomic E-state index is -0.847. The highest BCUT2D eigenvalue weighted by atomic mass is 16.5. The Morgan fingerprint density at radius 3 is 1.86 bits per heavy atom. The van der Waals surface area contributed by atoms with Crippen LogP contribution in [-0.2, 0) is 19.1 Å². The second-order valence-electron chi connectivity index (χ2n) is 7.33. The highest BCUT2D eigenvalue weighted by molar-refractivity contribution is 5.87. The number of nitrogens with zero attached hydrogens (tertiary/aromatic N) is 1. The largest absolute Gasteiger partial charge is 0.452 e. The van der Waals surface area contributed by atoms with Gasteiger partial charge in [-0.2, -0.15) is 0 Å². The number of benzene rings is 2. The van der Waals surface area contributed by atoms with E-state index in [1.807, 2.05) is 74.5 Å². The van der Waals surface area contributed by atoms with Crippen LogP contribution in [0.5, 0.6) is 0 Å². The zero-order chi connectivity index (χ0) is 20.1. The van der Waals surface area contributed by atoms with E-state index in [-0.39, 0.29) is 18.1 Å². The summed E-state index contributed by atoms with van der Waals surface area (Å²) in [7, 11) is 0. The normalized spacial score (nSPS) is 20.6. The van der Waals surface area contributed by atoms with Crippen LogP contribution in [0.3, 0.4) is 0 Å². The van der Waals surface area contributed by atoms with Gasteiger partial charge in [-0.05, 0) is 31.9 Å². The third-order valence-electron chi connectivity index (χ3n) is 4.87. The average molecular weight is 381 g/mol. The molecule has 2 aromatic rings. The van der Waals surface area contributed by atoms with Gasteiger partial charge in [-0.3, -0.25) is 9.59 Å². The lowest BCUT2D eigenvalue weighted by atomic mass is 9.91. The predicted octanol–water partition coefficient (Wildman–Crippen LogP) is 3.39. The molecule has 1 saturated heterocycles. The van der Waals surface area contributed by atoms with E-state index in [2.05, 4.69) is 0 Å². The molecule has 1 fully saturated rings. The molecule has 3 unspecified atom stereocenters. The molecule has 0 radical (unpaired) electrons. The quantitative estimate of drug-likeness (QED) is 0.745. The van der Waals surface area contributed by atoms with E-state index in [4.69, 9.17) is 9.47 Å². The lowest BCUT2D eigenvalue weighted by molar-refractivity contribution is -0.164. The molecule has 1 aliphatic heterocycles. The predicted molar refractivity (Wildman–Crippen MR) is 107 cm³/mol. The number of ether oxygens (including phenoxy) is 2. The number of rotatable bonds is 5. The van der Waals surface area contributed by atoms with E-state index < -0.39 is 18.0 Å². The van der Waals surface area contributed by atoms with Crippen molar-refractivity contribution in [3.63, 3.8) is 0 Å². The molecular weight excluding hydrogens is 354 g/mol. The first-order valence-electron chi connectivity index (χ1n) is 9.70. The van der Waals surface area contributed by atoms with Gasteiger partial charge in [0.25, 0.3) is 5.91 Å². The van der Waals surface area contributed by atoms with Crippen molar-refractivity contribution in [1.82, 2.24) is 4.90 Å². The zero-order valence-corrected chi connectivity index (χ0v) is 16.6. The van der Waals surface area contributed by atoms with Crippen LogP contribution >= 0.6 is 0 Å². The fourth-order valence-corrected chi connectivity index (χ4v) is 3.66. The van der Waals surface area contributed by atoms with Crippen LogP contribution in [0.2, 0.25) is 0 Å². The summed E-state index contributed by atoms with van der Waals surface area (Å²) in [6, 6.07) is 19.0. The number of hydrogen-bond acceptors (Lipinski definition) is 4. The van der Waals surface area contributed by atoms with Gasteiger partial charge >= 0.3 is 5.97 Å². The van der Waals surface area contributed by atoms with Gasteiger partial charge < -0.3 is 14.4 Å². The van der Waals surface area contributed by atoms with Gasteiger partial charge in [-0.1, -0.05) is 60.7 Å². The molecule has 0 aromatic heterocycles. The number of carbonyl (C=O) groups is 2. The Labute approximate surface area is 166 Å². The Hall–Kier alpha value is -2.66. The summed E-state index contributed by atoms with van der Waals surface area (Å²) in [5.41, 5.74) is 1.68. The maximum Gasteiger partial charge on any atom is 0.318 e. The molecule has 5 heteroatoms. The molecular formula is C23H27NO4. The summed E-state index contributed by atoms with van der Waals surface area (Å²) in [5, 5.41) is 0. The first-order chi connectivity index (χ1) is 13.5. The Bertz CT molecular complexity index is 743. The van der Waals surface area contributed by atoms with Gasteiger partial charge in [0, 0.05) is 13.1 Å². The summed E-state index contributed by atoms with van der Waals surface area (Å²) in [6.45, 7) is 6.52. The fourth-order valence-electron chi connectivity index (χ4n) is 3.66. The maximum absolute atomic E-state index is 13.1. The van der Waals surface area contributed by atoms with Gasteiger partial charge in [0.05, 0.1) is 12.2 Å². The van der Waals surface area contributed by atoms with Crippen molar-refractivity contribution < 1.29 is 19.1 Å². The summed E-state index contributed by atoms with van der Waals surface area (Å²) in [6.07, 6.45) is -0.908. The SMILES string of the molecule is CC1CN(C(=O)C(C)OC(=O)C(c2ccccc2)c2ccccc2)CC(C)O1. The highest BCUT2D eigenvalue weighted by Gasteiger charge is 2.32. The van der Waals surface area contributed by atoms with E-state index in [0.717, 1.165) is 11.1 Å². The molecule has 3 atom stereocenters. The average Bonchev–Trinajstić information content (AvgIpc) is 2.68. The van der Waals surface area contributed by atoms with Gasteiger partial charge in [-0.15, -0.1) is 0 Å². The van der Waals surface area contributed by atoms with Gasteiger partial charge in [0.15, 0.2) is 6.10 Å². The highest BCUT2D eigenvalue weighted by Crippen LogP contribution is 2.26. The van der Waals surface area contributed by atoms with Crippen molar-refractivity contribution in [2.24, 2.45) is 0 Å². The summed E-state index contributed by atoms with van der Waals surface area (Å²) in [5.74, 6) is -1.18. The standard InChI is InChI=1S/C23H27NO4/c1-16-14-24(15-17(2)27-16)22(25)18(3)28-23(26)21(19-10-6-4-7-11-19)20-12-8-5-9-13-20/h4-13,16-18,21H,14-15H2,1-3H3. The molecule has 1 amide bonds. The molecule has 0 saturated carbocycles. The first-order valence-corrected chi connectivity index (χ1v) is 9.70. The van der Waals surface area contributed by atoms with Crippen LogP contribution < -0.4 is 0 Å². The van der Waals surface area contributed by atoms with Crippen molar-refractivity contribution in [3.05, 3.63) is 71.8 Å². The van der Waals surface area contributed by atoms with E-state index in [9.17, 15) is 9.59 Å². The molecule has 1 heterocycles. The van der Waals surface area contributed by atoms with Crippen LogP contribution in [0, 0.1) is 0 Å². The number of hydrogen-bond donors (Lipinski definition) is 0. The molecule has 3 rings (SSSR count). The number of morpholine rings is 1. The maximum atomic E-state index is 13.1. The van der Waals surface area contributed by atoms with Crippen molar-refractivity contribution in [3.8, 4) is 0 Å². The third-order valence-corrected chi connectivity index (χ3v) is 4.87. The number of esters is 1. The van der Waals surface area contributed by atoms with Crippen LogP contribution in [0.25, 0.3) is 0 Å². The Morgan fingerprint density at radius 2 is 1.39 bits per heavy atom. The Kier molecular flexibility index (Phi) is 6.47. The molecule has 0 spiro atoms. The second kappa shape index (κ2) is 9.02. The molecule has 28 heavy (non-hydrogen) atoms. The summed E-state index contributed by atoms with van der Waals surface area (Å²) in [4.78, 5) is 27.6. The van der Waals surface area contributed by atoms with E-state index >= 15 is 0 Å². The molecule has 148 valence electrons. The minimum absolute atomic E-state index is 0.0306. The monoisotopic (exact) mass is 381 g/mol. The fraction of sp³-hybridized carbons (Fsp3) is 0.391. The molecule has 0 bridgehead atoms. The van der Waals surface area contributed by atoms with Crippen LogP contribution in [-0.4, -0.2) is 48.2 Å². The van der Waals surface area contributed by atoms with Gasteiger partial charge in [0.1, 0.15) is 5.92 Å². The smallest absolute Gasteiger partial charge is 0.318 e. The molecule has 0 N–H and O–H groups in total. The Morgan fingerprint density at radius 1 is 0.929 bits per heavy atom. The number of carbonyl (C=O) groups excluding carboxylic acids is 2. The van der Waals surface area contributed by atoms with Crippen molar-refractivity contribution in [2.75, 3.05) is 13.1 Å². The van der Waals surface area contributed by atoms with Crippen LogP contribution in [0.1, 0.15) is 37.8 Å². The van der Waals surface area contributed by atoms with Gasteiger partial charge in [0.2, 0.25) is 0 Å². The van der Waals surface area contributed by atoms with E-state index in [1.54, 1.807) is 11.8 Å². The van der Waals surface area contributed by atoms with E-state index in [0.29, 0.717) is 13.1 Å². The number of amides is 1. The molecule has 1 aliphatic rings. The summed E-state index contributed by atoms with van der Waals surface area (Å²) >= 11 is 0. The van der Waals surface area contributed by atoms with Crippen LogP contribution in [0.4, 0.5) is 0 Å². The Balaban J connectivity index is 1.75. The second-order valence-corrected chi connectivity index (χ2v) is 7.33. The molecule has 0 aliphatic carbocycles. The molecule has 2 aromatic carbocycles. The van der Waals surface area contributed by atoms with Gasteiger partial charge in [-0.25, -0.2) is 0 Å². The van der Waals surface area contributed by atoms with E-state index in [1.165, 1.54) is 0 Å². The lowest BCUT2D eigenvalue weighted by Gasteiger charge is -2.36. The lowest BCUT2D eigenvalue weighted by Crippen LogP contribution is -2.51. The first kappa shape index (κ1) is 20.1. The minimum Gasteiger partial charge on any atom is -0.452 e.